The topological polar surface area (TPSA) is 70.9 Å². The van der Waals surface area contributed by atoms with Gasteiger partial charge in [-0.15, -0.1) is 0 Å². The van der Waals surface area contributed by atoms with Crippen LogP contribution in [0.2, 0.25) is 0 Å². The van der Waals surface area contributed by atoms with E-state index in [1.807, 2.05) is 43.3 Å². The van der Waals surface area contributed by atoms with Crippen molar-refractivity contribution in [2.24, 2.45) is 16.6 Å². The number of nitrogens with two attached hydrogens (primary N) is 2. The molecule has 0 saturated heterocycles. The van der Waals surface area contributed by atoms with Crippen LogP contribution in [0.5, 0.6) is 0 Å². The van der Waals surface area contributed by atoms with Crippen LogP contribution in [0.1, 0.15) is 19.4 Å². The molecular weight excluding hydrogens is 392 g/mol. The minimum absolute atomic E-state index is 0.120. The molecule has 1 aliphatic rings. The molecule has 0 radical (unpaired) electrons. The molecule has 0 unspecified atom stereocenters. The lowest BCUT2D eigenvalue weighted by Gasteiger charge is -2.30. The lowest BCUT2D eigenvalue weighted by molar-refractivity contribution is 0.618. The predicted molar refractivity (Wildman–Crippen MR) is 117 cm³/mol. The molecule has 29 heavy (non-hydrogen) atoms. The number of nitrogens with zero attached hydrogens (tertiary/aromatic N) is 3. The highest BCUT2D eigenvalue weighted by molar-refractivity contribution is 8.03. The van der Waals surface area contributed by atoms with Gasteiger partial charge >= 0.3 is 0 Å². The summed E-state index contributed by atoms with van der Waals surface area (Å²) >= 11 is 1.29. The van der Waals surface area contributed by atoms with Crippen molar-refractivity contribution < 1.29 is 8.78 Å². The number of hydrogen-bond donors (Lipinski definition) is 2. The van der Waals surface area contributed by atoms with Gasteiger partial charge in [-0.1, -0.05) is 30.0 Å². The maximum atomic E-state index is 13.0. The van der Waals surface area contributed by atoms with Gasteiger partial charge in [-0.25, -0.2) is 19.6 Å². The molecule has 0 fully saturated rings. The number of para-hydroxylation sites is 1. The Bertz CT molecular complexity index is 932. The lowest BCUT2D eigenvalue weighted by atomic mass is 10.1. The first kappa shape index (κ1) is 22.4. The summed E-state index contributed by atoms with van der Waals surface area (Å²) in [6.07, 6.45) is 1.42. The minimum atomic E-state index is -0.287. The van der Waals surface area contributed by atoms with Crippen LogP contribution in [0, 0.1) is 5.82 Å². The summed E-state index contributed by atoms with van der Waals surface area (Å²) in [5.74, 6) is 7.07. The summed E-state index contributed by atoms with van der Waals surface area (Å²) in [7, 11) is 3.84. The molecule has 5 nitrogen and oxygen atoms in total. The van der Waals surface area contributed by atoms with Crippen molar-refractivity contribution >= 4 is 23.3 Å². The molecule has 2 aromatic rings. The van der Waals surface area contributed by atoms with E-state index in [-0.39, 0.29) is 11.6 Å². The monoisotopic (exact) mass is 417 g/mol. The van der Waals surface area contributed by atoms with Gasteiger partial charge in [0.15, 0.2) is 5.82 Å². The normalized spacial score (nSPS) is 15.1. The van der Waals surface area contributed by atoms with Gasteiger partial charge in [0.25, 0.3) is 0 Å². The number of anilines is 1. The molecule has 0 spiro atoms. The van der Waals surface area contributed by atoms with E-state index in [1.54, 1.807) is 19.1 Å². The number of hydrogen-bond acceptors (Lipinski definition) is 6. The molecule has 154 valence electrons. The molecule has 8 heteroatoms. The Kier molecular flexibility index (Phi) is 7.81. The molecule has 0 aromatic heterocycles. The van der Waals surface area contributed by atoms with Gasteiger partial charge in [-0.2, -0.15) is 0 Å². The third-order valence-corrected chi connectivity index (χ3v) is 4.84. The highest BCUT2D eigenvalue weighted by atomic mass is 32.2. The number of hydrazine groups is 1. The Morgan fingerprint density at radius 3 is 2.28 bits per heavy atom. The van der Waals surface area contributed by atoms with Crippen molar-refractivity contribution in [1.29, 1.82) is 0 Å². The maximum absolute atomic E-state index is 13.0. The zero-order valence-corrected chi connectivity index (χ0v) is 17.7. The number of amidine groups is 1. The second kappa shape index (κ2) is 10.1. The van der Waals surface area contributed by atoms with E-state index >= 15 is 0 Å². The molecule has 4 N–H and O–H groups in total. The minimum Gasteiger partial charge on any atom is -0.390 e. The van der Waals surface area contributed by atoms with Crippen molar-refractivity contribution in [3.8, 4) is 0 Å². The summed E-state index contributed by atoms with van der Waals surface area (Å²) in [4.78, 5) is 7.35. The fourth-order valence-corrected chi connectivity index (χ4v) is 3.15. The number of thioether (sulfide) groups is 1. The van der Waals surface area contributed by atoms with Gasteiger partial charge in [-0.05, 0) is 50.2 Å². The predicted octanol–water partition coefficient (Wildman–Crippen LogP) is 4.58. The van der Waals surface area contributed by atoms with E-state index in [9.17, 15) is 8.78 Å². The third-order valence-electron chi connectivity index (χ3n) is 3.93. The number of fused-ring (bicyclic) bond motifs is 1. The molecule has 1 aliphatic heterocycles. The van der Waals surface area contributed by atoms with Crippen molar-refractivity contribution in [2.75, 3.05) is 19.1 Å². The van der Waals surface area contributed by atoms with E-state index in [0.717, 1.165) is 22.0 Å². The highest BCUT2D eigenvalue weighted by Gasteiger charge is 2.25. The van der Waals surface area contributed by atoms with Crippen LogP contribution < -0.4 is 16.6 Å². The number of benzene rings is 2. The Balaban J connectivity index is 0.000000537. The lowest BCUT2D eigenvalue weighted by Crippen LogP contribution is -2.38. The summed E-state index contributed by atoms with van der Waals surface area (Å²) in [5.41, 5.74) is 8.00. The standard InChI is InChI=1S/C17H18FN5S.C4H7F/c1-22(2)16-13-5-3-4-6-14(13)23(20)17(21-16)15(19)24-12-9-7-11(18)8-10-12;1-3-4(2)5/h3-10H,19-20H2,1-2H3;3H,1-2H3/b17-15+;4-3+. The van der Waals surface area contributed by atoms with Crippen LogP contribution in [0.3, 0.4) is 0 Å². The first-order chi connectivity index (χ1) is 13.7. The smallest absolute Gasteiger partial charge is 0.180 e. The van der Waals surface area contributed by atoms with Crippen molar-refractivity contribution in [2.45, 2.75) is 18.7 Å². The summed E-state index contributed by atoms with van der Waals surface area (Å²) in [5, 5.41) is 1.92. The van der Waals surface area contributed by atoms with Crippen LogP contribution >= 0.6 is 11.8 Å². The average molecular weight is 418 g/mol. The zero-order valence-electron chi connectivity index (χ0n) is 16.9. The largest absolute Gasteiger partial charge is 0.390 e. The summed E-state index contributed by atoms with van der Waals surface area (Å²) < 4.78 is 24.3. The van der Waals surface area contributed by atoms with E-state index in [0.29, 0.717) is 10.9 Å². The second-order valence-corrected chi connectivity index (χ2v) is 7.45. The SMILES string of the molecule is C/C=C(\C)F.CN(C)C1=N/C(=C(/N)Sc2ccc(F)cc2)N(N)c2ccccc21. The van der Waals surface area contributed by atoms with Crippen LogP contribution in [0.4, 0.5) is 14.5 Å². The van der Waals surface area contributed by atoms with Crippen LogP contribution in [0.15, 0.2) is 81.2 Å². The summed E-state index contributed by atoms with van der Waals surface area (Å²) in [6.45, 7) is 3.08. The number of allylic oxidation sites excluding steroid dienone is 2. The fourth-order valence-electron chi connectivity index (χ4n) is 2.39. The van der Waals surface area contributed by atoms with Crippen molar-refractivity contribution in [3.63, 3.8) is 0 Å². The molecule has 0 aliphatic carbocycles. The van der Waals surface area contributed by atoms with Gasteiger partial charge in [0.2, 0.25) is 0 Å². The Morgan fingerprint density at radius 2 is 1.72 bits per heavy atom. The third kappa shape index (κ3) is 5.82. The van der Waals surface area contributed by atoms with Gasteiger partial charge in [0.05, 0.1) is 11.5 Å². The van der Waals surface area contributed by atoms with Crippen molar-refractivity contribution in [3.05, 3.63) is 82.7 Å². The van der Waals surface area contributed by atoms with Gasteiger partial charge in [-0.3, -0.25) is 5.01 Å². The van der Waals surface area contributed by atoms with E-state index in [4.69, 9.17) is 11.6 Å². The van der Waals surface area contributed by atoms with Gasteiger partial charge in [0, 0.05) is 24.6 Å². The van der Waals surface area contributed by atoms with E-state index in [1.165, 1.54) is 41.9 Å². The quantitative estimate of drug-likeness (QED) is 0.553. The van der Waals surface area contributed by atoms with Crippen LogP contribution in [0.25, 0.3) is 0 Å². The van der Waals surface area contributed by atoms with Crippen LogP contribution in [-0.4, -0.2) is 24.8 Å². The van der Waals surface area contributed by atoms with Crippen LogP contribution in [-0.2, 0) is 0 Å². The van der Waals surface area contributed by atoms with E-state index < -0.39 is 0 Å². The molecule has 3 rings (SSSR count). The van der Waals surface area contributed by atoms with Gasteiger partial charge in [0.1, 0.15) is 16.7 Å². The highest BCUT2D eigenvalue weighted by Crippen LogP contribution is 2.33. The molecule has 0 atom stereocenters. The summed E-state index contributed by atoms with van der Waals surface area (Å²) in [6, 6.07) is 13.9. The Labute approximate surface area is 174 Å². The molecule has 0 amide bonds. The van der Waals surface area contributed by atoms with Crippen molar-refractivity contribution in [1.82, 2.24) is 4.90 Å². The second-order valence-electron chi connectivity index (χ2n) is 6.34. The molecule has 2 aromatic carbocycles. The average Bonchev–Trinajstić information content (AvgIpc) is 2.70. The number of rotatable bonds is 2. The number of halogens is 2. The van der Waals surface area contributed by atoms with E-state index in [2.05, 4.69) is 4.99 Å². The molecule has 0 saturated carbocycles. The molecular formula is C21H25F2N5S. The Morgan fingerprint density at radius 1 is 1.14 bits per heavy atom. The zero-order chi connectivity index (χ0) is 21.6. The maximum Gasteiger partial charge on any atom is 0.180 e. The first-order valence-electron chi connectivity index (χ1n) is 8.86. The molecule has 0 bridgehead atoms. The van der Waals surface area contributed by atoms with Gasteiger partial charge < -0.3 is 10.6 Å². The fraction of sp³-hybridized carbons (Fsp3) is 0.190. The number of aliphatic imine (C=N–C) groups is 1. The molecule has 1 heterocycles. The first-order valence-corrected chi connectivity index (χ1v) is 9.68. The Hall–Kier alpha value is -2.84.